The molecule has 0 radical (unpaired) electrons. The standard InChI is InChI=1S/C10H24N2O2/c1-4-12(6-7-14-5-2)9-10(8-11)13-3/h10H,4-9,11H2,1-3H3. The molecule has 0 aliphatic rings. The highest BCUT2D eigenvalue weighted by molar-refractivity contribution is 4.65. The number of methoxy groups -OCH3 is 1. The molecule has 0 amide bonds. The summed E-state index contributed by atoms with van der Waals surface area (Å²) in [5, 5.41) is 0. The first-order chi connectivity index (χ1) is 6.78. The number of ether oxygens (including phenoxy) is 2. The Morgan fingerprint density at radius 2 is 2.07 bits per heavy atom. The van der Waals surface area contributed by atoms with Gasteiger partial charge >= 0.3 is 0 Å². The van der Waals surface area contributed by atoms with Gasteiger partial charge in [-0.15, -0.1) is 0 Å². The molecule has 0 aliphatic heterocycles. The highest BCUT2D eigenvalue weighted by Crippen LogP contribution is 1.95. The zero-order chi connectivity index (χ0) is 10.8. The van der Waals surface area contributed by atoms with Gasteiger partial charge in [-0.25, -0.2) is 0 Å². The summed E-state index contributed by atoms with van der Waals surface area (Å²) in [5.41, 5.74) is 5.56. The summed E-state index contributed by atoms with van der Waals surface area (Å²) in [4.78, 5) is 2.29. The van der Waals surface area contributed by atoms with Gasteiger partial charge in [-0.05, 0) is 13.5 Å². The Morgan fingerprint density at radius 3 is 2.50 bits per heavy atom. The van der Waals surface area contributed by atoms with Crippen LogP contribution in [0.2, 0.25) is 0 Å². The summed E-state index contributed by atoms with van der Waals surface area (Å²) in [6, 6.07) is 0. The monoisotopic (exact) mass is 204 g/mol. The predicted molar refractivity (Wildman–Crippen MR) is 58.5 cm³/mol. The van der Waals surface area contributed by atoms with Crippen LogP contribution in [0, 0.1) is 0 Å². The number of nitrogens with zero attached hydrogens (tertiary/aromatic N) is 1. The molecule has 14 heavy (non-hydrogen) atoms. The fourth-order valence-electron chi connectivity index (χ4n) is 1.25. The number of rotatable bonds is 9. The lowest BCUT2D eigenvalue weighted by Crippen LogP contribution is -2.39. The average Bonchev–Trinajstić information content (AvgIpc) is 2.23. The van der Waals surface area contributed by atoms with Crippen LogP contribution in [0.4, 0.5) is 0 Å². The summed E-state index contributed by atoms with van der Waals surface area (Å²) < 4.78 is 10.5. The molecule has 0 saturated carbocycles. The van der Waals surface area contributed by atoms with E-state index in [1.54, 1.807) is 7.11 Å². The van der Waals surface area contributed by atoms with Gasteiger partial charge in [0.05, 0.1) is 12.7 Å². The molecule has 1 unspecified atom stereocenters. The van der Waals surface area contributed by atoms with Gasteiger partial charge in [0.25, 0.3) is 0 Å². The molecule has 0 aromatic rings. The van der Waals surface area contributed by atoms with Gasteiger partial charge in [-0.2, -0.15) is 0 Å². The third-order valence-electron chi connectivity index (χ3n) is 2.26. The zero-order valence-corrected chi connectivity index (χ0v) is 9.66. The quantitative estimate of drug-likeness (QED) is 0.549. The lowest BCUT2D eigenvalue weighted by molar-refractivity contribution is 0.0549. The maximum absolute atomic E-state index is 5.56. The van der Waals surface area contributed by atoms with Crippen molar-refractivity contribution in [3.8, 4) is 0 Å². The molecule has 2 N–H and O–H groups in total. The predicted octanol–water partition coefficient (Wildman–Crippen LogP) is 0.319. The molecule has 0 aliphatic carbocycles. The van der Waals surface area contributed by atoms with Gasteiger partial charge in [-0.3, -0.25) is 4.90 Å². The van der Waals surface area contributed by atoms with Crippen LogP contribution in [-0.2, 0) is 9.47 Å². The Balaban J connectivity index is 3.65. The smallest absolute Gasteiger partial charge is 0.0820 e. The van der Waals surface area contributed by atoms with E-state index in [9.17, 15) is 0 Å². The van der Waals surface area contributed by atoms with Crippen LogP contribution in [0.5, 0.6) is 0 Å². The number of nitrogens with two attached hydrogens (primary N) is 1. The first-order valence-electron chi connectivity index (χ1n) is 5.31. The van der Waals surface area contributed by atoms with Gasteiger partial charge in [0.2, 0.25) is 0 Å². The van der Waals surface area contributed by atoms with E-state index in [0.29, 0.717) is 6.54 Å². The number of hydrogen-bond acceptors (Lipinski definition) is 4. The van der Waals surface area contributed by atoms with Gasteiger partial charge in [0.15, 0.2) is 0 Å². The topological polar surface area (TPSA) is 47.7 Å². The maximum Gasteiger partial charge on any atom is 0.0820 e. The van der Waals surface area contributed by atoms with Crippen molar-refractivity contribution < 1.29 is 9.47 Å². The molecule has 86 valence electrons. The van der Waals surface area contributed by atoms with Crippen LogP contribution >= 0.6 is 0 Å². The fourth-order valence-corrected chi connectivity index (χ4v) is 1.25. The summed E-state index contributed by atoms with van der Waals surface area (Å²) >= 11 is 0. The van der Waals surface area contributed by atoms with E-state index in [1.165, 1.54) is 0 Å². The van der Waals surface area contributed by atoms with E-state index in [2.05, 4.69) is 11.8 Å². The number of hydrogen-bond donors (Lipinski definition) is 1. The van der Waals surface area contributed by atoms with E-state index in [1.807, 2.05) is 6.92 Å². The summed E-state index contributed by atoms with van der Waals surface area (Å²) in [6.07, 6.45) is 0.136. The van der Waals surface area contributed by atoms with E-state index in [0.717, 1.165) is 32.8 Å². The maximum atomic E-state index is 5.56. The van der Waals surface area contributed by atoms with Gasteiger partial charge in [-0.1, -0.05) is 6.92 Å². The van der Waals surface area contributed by atoms with Crippen molar-refractivity contribution in [2.24, 2.45) is 5.73 Å². The summed E-state index contributed by atoms with van der Waals surface area (Å²) in [5.74, 6) is 0. The van der Waals surface area contributed by atoms with Crippen molar-refractivity contribution in [1.29, 1.82) is 0 Å². The second kappa shape index (κ2) is 9.40. The van der Waals surface area contributed by atoms with Gasteiger partial charge in [0, 0.05) is 33.4 Å². The number of likely N-dealkylation sites (N-methyl/N-ethyl adjacent to an activating group) is 1. The average molecular weight is 204 g/mol. The van der Waals surface area contributed by atoms with E-state index in [-0.39, 0.29) is 6.10 Å². The van der Waals surface area contributed by atoms with E-state index >= 15 is 0 Å². The third kappa shape index (κ3) is 6.32. The molecule has 0 aromatic heterocycles. The van der Waals surface area contributed by atoms with Crippen molar-refractivity contribution in [3.05, 3.63) is 0 Å². The highest BCUT2D eigenvalue weighted by atomic mass is 16.5. The molecule has 0 spiro atoms. The van der Waals surface area contributed by atoms with Crippen LogP contribution in [0.3, 0.4) is 0 Å². The van der Waals surface area contributed by atoms with Gasteiger partial charge < -0.3 is 15.2 Å². The Morgan fingerprint density at radius 1 is 1.36 bits per heavy atom. The van der Waals surface area contributed by atoms with Crippen molar-refractivity contribution in [1.82, 2.24) is 4.90 Å². The van der Waals surface area contributed by atoms with Crippen LogP contribution < -0.4 is 5.73 Å². The molecule has 0 aromatic carbocycles. The van der Waals surface area contributed by atoms with Gasteiger partial charge in [0.1, 0.15) is 0 Å². The summed E-state index contributed by atoms with van der Waals surface area (Å²) in [7, 11) is 1.70. The van der Waals surface area contributed by atoms with Crippen molar-refractivity contribution in [3.63, 3.8) is 0 Å². The SMILES string of the molecule is CCOCCN(CC)CC(CN)OC. The zero-order valence-electron chi connectivity index (χ0n) is 9.66. The molecular weight excluding hydrogens is 180 g/mol. The van der Waals surface area contributed by atoms with Crippen LogP contribution in [0.25, 0.3) is 0 Å². The van der Waals surface area contributed by atoms with Crippen LogP contribution in [0.1, 0.15) is 13.8 Å². The molecule has 1 atom stereocenters. The minimum Gasteiger partial charge on any atom is -0.380 e. The second-order valence-electron chi connectivity index (χ2n) is 3.18. The fraction of sp³-hybridized carbons (Fsp3) is 1.00. The van der Waals surface area contributed by atoms with Crippen molar-refractivity contribution in [2.45, 2.75) is 20.0 Å². The molecule has 0 rings (SSSR count). The lowest BCUT2D eigenvalue weighted by atomic mass is 10.3. The van der Waals surface area contributed by atoms with Crippen molar-refractivity contribution >= 4 is 0 Å². The molecule has 0 saturated heterocycles. The Hall–Kier alpha value is -0.160. The molecule has 0 bridgehead atoms. The molecular formula is C10H24N2O2. The largest absolute Gasteiger partial charge is 0.380 e. The molecule has 4 heteroatoms. The Bertz CT molecular complexity index is 119. The third-order valence-corrected chi connectivity index (χ3v) is 2.26. The molecule has 0 heterocycles. The van der Waals surface area contributed by atoms with Crippen LogP contribution in [0.15, 0.2) is 0 Å². The first-order valence-corrected chi connectivity index (χ1v) is 5.31. The molecule has 4 nitrogen and oxygen atoms in total. The Kier molecular flexibility index (Phi) is 9.29. The van der Waals surface area contributed by atoms with E-state index in [4.69, 9.17) is 15.2 Å². The van der Waals surface area contributed by atoms with Crippen molar-refractivity contribution in [2.75, 3.05) is 46.5 Å². The normalized spacial score (nSPS) is 13.5. The molecule has 0 fully saturated rings. The minimum absolute atomic E-state index is 0.136. The van der Waals surface area contributed by atoms with Crippen LogP contribution in [-0.4, -0.2) is 57.5 Å². The first kappa shape index (κ1) is 13.8. The Labute approximate surface area is 87.4 Å². The van der Waals surface area contributed by atoms with E-state index < -0.39 is 0 Å². The summed E-state index contributed by atoms with van der Waals surface area (Å²) in [6.45, 7) is 9.12. The second-order valence-corrected chi connectivity index (χ2v) is 3.18. The highest BCUT2D eigenvalue weighted by Gasteiger charge is 2.10. The minimum atomic E-state index is 0.136. The lowest BCUT2D eigenvalue weighted by Gasteiger charge is -2.24.